The molecule has 7 nitrogen and oxygen atoms in total. The summed E-state index contributed by atoms with van der Waals surface area (Å²) in [7, 11) is 5.17. The van der Waals surface area contributed by atoms with E-state index in [1.165, 1.54) is 5.56 Å². The molecule has 3 rings (SSSR count). The summed E-state index contributed by atoms with van der Waals surface area (Å²) in [4.78, 5) is 6.55. The fourth-order valence-electron chi connectivity index (χ4n) is 2.51. The van der Waals surface area contributed by atoms with Crippen molar-refractivity contribution in [1.29, 1.82) is 0 Å². The Balaban J connectivity index is 1.75. The predicted octanol–water partition coefficient (Wildman–Crippen LogP) is 3.27. The Morgan fingerprint density at radius 3 is 2.50 bits per heavy atom. The van der Waals surface area contributed by atoms with Crippen LogP contribution in [0.3, 0.4) is 0 Å². The summed E-state index contributed by atoms with van der Waals surface area (Å²) in [5.74, 6) is 2.43. The Kier molecular flexibility index (Phi) is 5.48. The molecule has 3 aromatic rings. The molecular weight excluding hydrogens is 330 g/mol. The van der Waals surface area contributed by atoms with Gasteiger partial charge in [-0.25, -0.2) is 0 Å². The molecule has 0 atom stereocenters. The van der Waals surface area contributed by atoms with E-state index in [0.29, 0.717) is 17.4 Å². The second-order valence-corrected chi connectivity index (χ2v) is 5.67. The van der Waals surface area contributed by atoms with Crippen LogP contribution < -0.4 is 19.7 Å². The third-order valence-electron chi connectivity index (χ3n) is 3.84. The van der Waals surface area contributed by atoms with Crippen molar-refractivity contribution < 1.29 is 9.47 Å². The van der Waals surface area contributed by atoms with Gasteiger partial charge < -0.3 is 19.7 Å². The average Bonchev–Trinajstić information content (AvgIpc) is 2.69. The molecule has 0 saturated carbocycles. The van der Waals surface area contributed by atoms with Crippen LogP contribution in [-0.2, 0) is 6.54 Å². The number of benzene rings is 2. The number of methoxy groups -OCH3 is 2. The van der Waals surface area contributed by atoms with Gasteiger partial charge >= 0.3 is 0 Å². The Morgan fingerprint density at radius 2 is 1.77 bits per heavy atom. The smallest absolute Gasteiger partial charge is 0.249 e. The van der Waals surface area contributed by atoms with Crippen LogP contribution in [0.25, 0.3) is 0 Å². The van der Waals surface area contributed by atoms with Crippen molar-refractivity contribution in [3.63, 3.8) is 0 Å². The highest BCUT2D eigenvalue weighted by atomic mass is 16.5. The van der Waals surface area contributed by atoms with E-state index >= 15 is 0 Å². The summed E-state index contributed by atoms with van der Waals surface area (Å²) in [6.45, 7) is 0.731. The molecule has 1 aromatic heterocycles. The van der Waals surface area contributed by atoms with E-state index in [1.807, 2.05) is 48.3 Å². The highest BCUT2D eigenvalue weighted by molar-refractivity contribution is 5.60. The third kappa shape index (κ3) is 4.18. The third-order valence-corrected chi connectivity index (χ3v) is 3.84. The van der Waals surface area contributed by atoms with Gasteiger partial charge in [-0.05, 0) is 17.7 Å². The van der Waals surface area contributed by atoms with Crippen LogP contribution in [0.5, 0.6) is 11.5 Å². The zero-order valence-electron chi connectivity index (χ0n) is 15.0. The van der Waals surface area contributed by atoms with Gasteiger partial charge in [-0.15, -0.1) is 5.10 Å². The van der Waals surface area contributed by atoms with Crippen molar-refractivity contribution >= 4 is 17.5 Å². The Hall–Kier alpha value is -3.35. The van der Waals surface area contributed by atoms with Gasteiger partial charge in [0.15, 0.2) is 17.3 Å². The Bertz CT molecular complexity index is 858. The molecular formula is C19H21N5O2. The first kappa shape index (κ1) is 17.5. The van der Waals surface area contributed by atoms with Crippen molar-refractivity contribution in [3.8, 4) is 11.5 Å². The monoisotopic (exact) mass is 351 g/mol. The molecule has 0 radical (unpaired) electrons. The fraction of sp³-hybridized carbons (Fsp3) is 0.211. The number of nitrogens with one attached hydrogen (secondary N) is 1. The van der Waals surface area contributed by atoms with Crippen molar-refractivity contribution in [3.05, 3.63) is 60.3 Å². The van der Waals surface area contributed by atoms with Gasteiger partial charge in [0.25, 0.3) is 0 Å². The van der Waals surface area contributed by atoms with Crippen LogP contribution in [0.1, 0.15) is 5.56 Å². The number of nitrogens with zero attached hydrogens (tertiary/aromatic N) is 4. The molecule has 0 amide bonds. The van der Waals surface area contributed by atoms with Gasteiger partial charge in [0.05, 0.1) is 20.4 Å². The van der Waals surface area contributed by atoms with Gasteiger partial charge in [-0.3, -0.25) is 0 Å². The molecule has 26 heavy (non-hydrogen) atoms. The largest absolute Gasteiger partial charge is 0.493 e. The number of hydrogen-bond acceptors (Lipinski definition) is 7. The van der Waals surface area contributed by atoms with E-state index in [4.69, 9.17) is 9.47 Å². The Labute approximate surface area is 152 Å². The molecule has 0 aliphatic heterocycles. The lowest BCUT2D eigenvalue weighted by atomic mass is 10.2. The lowest BCUT2D eigenvalue weighted by molar-refractivity contribution is 0.355. The zero-order valence-corrected chi connectivity index (χ0v) is 15.0. The SMILES string of the molecule is COc1ccc(Nc2nncc(N(C)Cc3ccccc3)n2)cc1OC. The zero-order chi connectivity index (χ0) is 18.4. The molecule has 0 aliphatic carbocycles. The lowest BCUT2D eigenvalue weighted by Crippen LogP contribution is -2.18. The van der Waals surface area contributed by atoms with E-state index in [2.05, 4.69) is 32.6 Å². The van der Waals surface area contributed by atoms with Crippen molar-refractivity contribution in [2.45, 2.75) is 6.54 Å². The first-order chi connectivity index (χ1) is 12.7. The second-order valence-electron chi connectivity index (χ2n) is 5.67. The van der Waals surface area contributed by atoms with Crippen LogP contribution in [-0.4, -0.2) is 36.4 Å². The van der Waals surface area contributed by atoms with Gasteiger partial charge in [-0.1, -0.05) is 30.3 Å². The van der Waals surface area contributed by atoms with Crippen molar-refractivity contribution in [2.24, 2.45) is 0 Å². The summed E-state index contributed by atoms with van der Waals surface area (Å²) >= 11 is 0. The van der Waals surface area contributed by atoms with Gasteiger partial charge in [0.2, 0.25) is 5.95 Å². The number of ether oxygens (including phenoxy) is 2. The molecule has 0 spiro atoms. The number of anilines is 3. The summed E-state index contributed by atoms with van der Waals surface area (Å²) < 4.78 is 10.6. The van der Waals surface area contributed by atoms with Crippen LogP contribution in [0.4, 0.5) is 17.5 Å². The second kappa shape index (κ2) is 8.15. The fourth-order valence-corrected chi connectivity index (χ4v) is 2.51. The minimum atomic E-state index is 0.412. The van der Waals surface area contributed by atoms with Crippen LogP contribution >= 0.6 is 0 Å². The molecule has 1 heterocycles. The highest BCUT2D eigenvalue weighted by Crippen LogP contribution is 2.30. The number of hydrogen-bond donors (Lipinski definition) is 1. The summed E-state index contributed by atoms with van der Waals surface area (Å²) in [6.07, 6.45) is 1.64. The first-order valence-electron chi connectivity index (χ1n) is 8.13. The van der Waals surface area contributed by atoms with E-state index in [0.717, 1.165) is 18.1 Å². The van der Waals surface area contributed by atoms with Crippen LogP contribution in [0.15, 0.2) is 54.7 Å². The quantitative estimate of drug-likeness (QED) is 0.700. The standard InChI is InChI=1S/C19H21N5O2/c1-24(13-14-7-5-4-6-8-14)18-12-20-23-19(22-18)21-15-9-10-16(25-2)17(11-15)26-3/h4-12H,13H2,1-3H3,(H,21,22,23). The van der Waals surface area contributed by atoms with E-state index in [1.54, 1.807) is 20.4 Å². The molecule has 0 unspecified atom stereocenters. The molecule has 1 N–H and O–H groups in total. The summed E-state index contributed by atoms with van der Waals surface area (Å²) in [5.41, 5.74) is 1.98. The molecule has 7 heteroatoms. The Morgan fingerprint density at radius 1 is 1.00 bits per heavy atom. The molecule has 2 aromatic carbocycles. The van der Waals surface area contributed by atoms with Gasteiger partial charge in [0, 0.05) is 25.3 Å². The first-order valence-corrected chi connectivity index (χ1v) is 8.13. The maximum Gasteiger partial charge on any atom is 0.249 e. The lowest BCUT2D eigenvalue weighted by Gasteiger charge is -2.18. The predicted molar refractivity (Wildman–Crippen MR) is 101 cm³/mol. The molecule has 0 aliphatic rings. The minimum absolute atomic E-state index is 0.412. The van der Waals surface area contributed by atoms with Gasteiger partial charge in [0.1, 0.15) is 0 Å². The minimum Gasteiger partial charge on any atom is -0.493 e. The number of aromatic nitrogens is 3. The van der Waals surface area contributed by atoms with Crippen molar-refractivity contribution in [1.82, 2.24) is 15.2 Å². The van der Waals surface area contributed by atoms with Crippen LogP contribution in [0.2, 0.25) is 0 Å². The molecule has 0 saturated heterocycles. The normalized spacial score (nSPS) is 10.3. The summed E-state index contributed by atoms with van der Waals surface area (Å²) in [5, 5.41) is 11.2. The van der Waals surface area contributed by atoms with E-state index in [9.17, 15) is 0 Å². The molecule has 0 bridgehead atoms. The van der Waals surface area contributed by atoms with E-state index in [-0.39, 0.29) is 0 Å². The maximum absolute atomic E-state index is 5.31. The van der Waals surface area contributed by atoms with Crippen molar-refractivity contribution in [2.75, 3.05) is 31.5 Å². The molecule has 0 fully saturated rings. The topological polar surface area (TPSA) is 72.4 Å². The molecule has 134 valence electrons. The average molecular weight is 351 g/mol. The summed E-state index contributed by atoms with van der Waals surface area (Å²) in [6, 6.07) is 15.7. The van der Waals surface area contributed by atoms with E-state index < -0.39 is 0 Å². The van der Waals surface area contributed by atoms with Gasteiger partial charge in [-0.2, -0.15) is 10.1 Å². The maximum atomic E-state index is 5.31. The highest BCUT2D eigenvalue weighted by Gasteiger charge is 2.09. The van der Waals surface area contributed by atoms with Crippen LogP contribution in [0, 0.1) is 0 Å². The number of rotatable bonds is 7.